The first-order valence-electron chi connectivity index (χ1n) is 6.87. The number of rotatable bonds is 4. The highest BCUT2D eigenvalue weighted by atomic mass is 16.1. The summed E-state index contributed by atoms with van der Waals surface area (Å²) < 4.78 is 0. The molecule has 1 aliphatic carbocycles. The summed E-state index contributed by atoms with van der Waals surface area (Å²) >= 11 is 0. The molecule has 0 spiro atoms. The van der Waals surface area contributed by atoms with Crippen molar-refractivity contribution >= 4 is 6.29 Å². The lowest BCUT2D eigenvalue weighted by Gasteiger charge is -2.34. The highest BCUT2D eigenvalue weighted by Crippen LogP contribution is 2.39. The van der Waals surface area contributed by atoms with Crippen LogP contribution in [0.2, 0.25) is 0 Å². The van der Waals surface area contributed by atoms with Crippen LogP contribution in [0.25, 0.3) is 0 Å². The fraction of sp³-hybridized carbons (Fsp3) is 0.562. The van der Waals surface area contributed by atoms with Crippen LogP contribution in [0, 0.1) is 0 Å². The molecule has 0 N–H and O–H groups in total. The normalized spacial score (nSPS) is 18.9. The maximum Gasteiger partial charge on any atom is 0.130 e. The highest BCUT2D eigenvalue weighted by Gasteiger charge is 2.34. The van der Waals surface area contributed by atoms with Gasteiger partial charge in [-0.1, -0.05) is 56.9 Å². The van der Waals surface area contributed by atoms with Crippen molar-refractivity contribution in [3.8, 4) is 0 Å². The number of hydrogen-bond donors (Lipinski definition) is 0. The summed E-state index contributed by atoms with van der Waals surface area (Å²) in [4.78, 5) is 11.6. The second-order valence-corrected chi connectivity index (χ2v) is 5.24. The Bertz CT molecular complexity index is 375. The van der Waals surface area contributed by atoms with Crippen LogP contribution in [-0.4, -0.2) is 6.29 Å². The van der Waals surface area contributed by atoms with E-state index in [2.05, 4.69) is 31.2 Å². The number of aryl methyl sites for hydroxylation is 1. The summed E-state index contributed by atoms with van der Waals surface area (Å²) in [7, 11) is 0. The molecule has 1 aromatic carbocycles. The molecule has 1 heteroatoms. The number of carbonyl (C=O) groups is 1. The molecule has 0 heterocycles. The summed E-state index contributed by atoms with van der Waals surface area (Å²) in [6, 6.07) is 8.54. The number of aldehydes is 1. The predicted octanol–water partition coefficient (Wildman–Crippen LogP) is 4.04. The van der Waals surface area contributed by atoms with Crippen LogP contribution in [0.4, 0.5) is 0 Å². The molecule has 1 aromatic rings. The van der Waals surface area contributed by atoms with Crippen LogP contribution in [0.3, 0.4) is 0 Å². The maximum absolute atomic E-state index is 11.6. The van der Waals surface area contributed by atoms with Crippen molar-refractivity contribution in [2.45, 2.75) is 57.3 Å². The van der Waals surface area contributed by atoms with E-state index in [9.17, 15) is 4.79 Å². The first kappa shape index (κ1) is 12.3. The third-order valence-electron chi connectivity index (χ3n) is 4.04. The minimum atomic E-state index is -0.177. The monoisotopic (exact) mass is 230 g/mol. The largest absolute Gasteiger partial charge is 0.302 e. The molecule has 2 rings (SSSR count). The standard InChI is InChI=1S/C16H22O/c1-2-8-14-9-4-5-10-15(14)16(13-17)11-6-3-7-12-16/h4-5,9-10,13H,2-3,6-8,11-12H2,1H3. The van der Waals surface area contributed by atoms with Crippen molar-refractivity contribution in [2.75, 3.05) is 0 Å². The lowest BCUT2D eigenvalue weighted by molar-refractivity contribution is -0.113. The SMILES string of the molecule is CCCc1ccccc1C1(C=O)CCCCC1. The van der Waals surface area contributed by atoms with Crippen LogP contribution in [0.15, 0.2) is 24.3 Å². The molecule has 0 aromatic heterocycles. The molecule has 0 unspecified atom stereocenters. The Morgan fingerprint density at radius 2 is 1.88 bits per heavy atom. The van der Waals surface area contributed by atoms with Gasteiger partial charge in [0.05, 0.1) is 5.41 Å². The molecular weight excluding hydrogens is 208 g/mol. The van der Waals surface area contributed by atoms with E-state index in [1.54, 1.807) is 0 Å². The lowest BCUT2D eigenvalue weighted by Crippen LogP contribution is -2.31. The van der Waals surface area contributed by atoms with Gasteiger partial charge >= 0.3 is 0 Å². The van der Waals surface area contributed by atoms with E-state index in [1.807, 2.05) is 0 Å². The summed E-state index contributed by atoms with van der Waals surface area (Å²) in [5.74, 6) is 0. The molecular formula is C16H22O. The Morgan fingerprint density at radius 3 is 2.53 bits per heavy atom. The highest BCUT2D eigenvalue weighted by molar-refractivity contribution is 5.70. The van der Waals surface area contributed by atoms with Crippen LogP contribution in [-0.2, 0) is 16.6 Å². The molecule has 17 heavy (non-hydrogen) atoms. The van der Waals surface area contributed by atoms with Crippen molar-refractivity contribution in [3.05, 3.63) is 35.4 Å². The van der Waals surface area contributed by atoms with Gasteiger partial charge in [-0.25, -0.2) is 0 Å². The van der Waals surface area contributed by atoms with Crippen molar-refractivity contribution < 1.29 is 4.79 Å². The number of carbonyl (C=O) groups excluding carboxylic acids is 1. The molecule has 1 nitrogen and oxygen atoms in total. The van der Waals surface area contributed by atoms with Crippen LogP contribution >= 0.6 is 0 Å². The van der Waals surface area contributed by atoms with Crippen molar-refractivity contribution in [3.63, 3.8) is 0 Å². The van der Waals surface area contributed by atoms with Crippen molar-refractivity contribution in [1.82, 2.24) is 0 Å². The number of hydrogen-bond acceptors (Lipinski definition) is 1. The zero-order chi connectivity index (χ0) is 12.1. The zero-order valence-electron chi connectivity index (χ0n) is 10.7. The Hall–Kier alpha value is -1.11. The molecule has 0 aliphatic heterocycles. The van der Waals surface area contributed by atoms with Gasteiger partial charge in [0.15, 0.2) is 0 Å². The molecule has 1 aliphatic rings. The van der Waals surface area contributed by atoms with E-state index in [4.69, 9.17) is 0 Å². The Balaban J connectivity index is 2.38. The Kier molecular flexibility index (Phi) is 3.98. The van der Waals surface area contributed by atoms with Crippen LogP contribution in [0.1, 0.15) is 56.6 Å². The molecule has 0 radical (unpaired) electrons. The molecule has 1 saturated carbocycles. The van der Waals surface area contributed by atoms with E-state index < -0.39 is 0 Å². The van der Waals surface area contributed by atoms with Gasteiger partial charge in [-0.05, 0) is 30.4 Å². The van der Waals surface area contributed by atoms with Crippen molar-refractivity contribution in [2.24, 2.45) is 0 Å². The van der Waals surface area contributed by atoms with Gasteiger partial charge in [-0.15, -0.1) is 0 Å². The summed E-state index contributed by atoms with van der Waals surface area (Å²) in [6.45, 7) is 2.20. The van der Waals surface area contributed by atoms with Crippen LogP contribution in [0.5, 0.6) is 0 Å². The molecule has 0 amide bonds. The van der Waals surface area contributed by atoms with Gasteiger partial charge in [0.25, 0.3) is 0 Å². The molecule has 0 saturated heterocycles. The predicted molar refractivity (Wildman–Crippen MR) is 71.3 cm³/mol. The topological polar surface area (TPSA) is 17.1 Å². The van der Waals surface area contributed by atoms with Gasteiger partial charge < -0.3 is 4.79 Å². The van der Waals surface area contributed by atoms with E-state index in [0.29, 0.717) is 0 Å². The van der Waals surface area contributed by atoms with Gasteiger partial charge in [-0.3, -0.25) is 0 Å². The maximum atomic E-state index is 11.6. The van der Waals surface area contributed by atoms with E-state index in [1.165, 1.54) is 36.7 Å². The van der Waals surface area contributed by atoms with E-state index in [-0.39, 0.29) is 5.41 Å². The van der Waals surface area contributed by atoms with Gasteiger partial charge in [0.2, 0.25) is 0 Å². The van der Waals surface area contributed by atoms with E-state index in [0.717, 1.165) is 25.7 Å². The smallest absolute Gasteiger partial charge is 0.130 e. The first-order chi connectivity index (χ1) is 8.32. The fourth-order valence-corrected chi connectivity index (χ4v) is 3.13. The van der Waals surface area contributed by atoms with E-state index >= 15 is 0 Å². The third kappa shape index (κ3) is 2.43. The lowest BCUT2D eigenvalue weighted by atomic mass is 9.69. The average molecular weight is 230 g/mol. The van der Waals surface area contributed by atoms with Gasteiger partial charge in [0.1, 0.15) is 6.29 Å². The van der Waals surface area contributed by atoms with Crippen molar-refractivity contribution in [1.29, 1.82) is 0 Å². The first-order valence-corrected chi connectivity index (χ1v) is 6.87. The molecule has 92 valence electrons. The average Bonchev–Trinajstić information content (AvgIpc) is 2.40. The Morgan fingerprint density at radius 1 is 1.18 bits per heavy atom. The molecule has 0 bridgehead atoms. The minimum Gasteiger partial charge on any atom is -0.302 e. The zero-order valence-corrected chi connectivity index (χ0v) is 10.7. The molecule has 0 atom stereocenters. The molecule has 1 fully saturated rings. The Labute approximate surface area is 104 Å². The third-order valence-corrected chi connectivity index (χ3v) is 4.04. The van der Waals surface area contributed by atoms with Crippen LogP contribution < -0.4 is 0 Å². The van der Waals surface area contributed by atoms with Gasteiger partial charge in [0, 0.05) is 0 Å². The fourth-order valence-electron chi connectivity index (χ4n) is 3.13. The summed E-state index contributed by atoms with van der Waals surface area (Å²) in [5.41, 5.74) is 2.50. The summed E-state index contributed by atoms with van der Waals surface area (Å²) in [5, 5.41) is 0. The second kappa shape index (κ2) is 5.48. The quantitative estimate of drug-likeness (QED) is 0.713. The summed E-state index contributed by atoms with van der Waals surface area (Å²) in [6.07, 6.45) is 9.21. The minimum absolute atomic E-state index is 0.177. The second-order valence-electron chi connectivity index (χ2n) is 5.24. The van der Waals surface area contributed by atoms with Gasteiger partial charge in [-0.2, -0.15) is 0 Å². The number of benzene rings is 1.